The van der Waals surface area contributed by atoms with Gasteiger partial charge in [0.1, 0.15) is 0 Å². The molecule has 15 heavy (non-hydrogen) atoms. The third-order valence-corrected chi connectivity index (χ3v) is 2.85. The lowest BCUT2D eigenvalue weighted by molar-refractivity contribution is 0.702. The first-order valence-electron chi connectivity index (χ1n) is 4.93. The van der Waals surface area contributed by atoms with E-state index in [0.29, 0.717) is 5.11 Å². The van der Waals surface area contributed by atoms with Gasteiger partial charge in [0.2, 0.25) is 0 Å². The summed E-state index contributed by atoms with van der Waals surface area (Å²) in [5.74, 6) is 0. The zero-order valence-corrected chi connectivity index (χ0v) is 11.3. The largest absolute Gasteiger partial charge is 0.363 e. The van der Waals surface area contributed by atoms with Crippen molar-refractivity contribution in [1.29, 1.82) is 0 Å². The molecule has 2 nitrogen and oxygen atoms in total. The van der Waals surface area contributed by atoms with E-state index >= 15 is 0 Å². The Morgan fingerprint density at radius 3 is 2.53 bits per heavy atom. The van der Waals surface area contributed by atoms with Crippen molar-refractivity contribution < 1.29 is 0 Å². The number of hydrogen-bond donors (Lipinski definition) is 2. The summed E-state index contributed by atoms with van der Waals surface area (Å²) in [4.78, 5) is 0. The number of benzene rings is 1. The van der Waals surface area contributed by atoms with Crippen molar-refractivity contribution in [3.63, 3.8) is 0 Å². The molecule has 0 saturated carbocycles. The van der Waals surface area contributed by atoms with Gasteiger partial charge in [-0.3, -0.25) is 0 Å². The minimum atomic E-state index is 0.227. The molecule has 0 saturated heterocycles. The predicted octanol–water partition coefficient (Wildman–Crippen LogP) is 2.99. The Hall–Kier alpha value is -0.610. The highest BCUT2D eigenvalue weighted by molar-refractivity contribution is 9.10. The van der Waals surface area contributed by atoms with Gasteiger partial charge in [0, 0.05) is 11.0 Å². The van der Waals surface area contributed by atoms with Gasteiger partial charge in [-0.2, -0.15) is 0 Å². The van der Waals surface area contributed by atoms with Crippen LogP contribution in [-0.4, -0.2) is 11.7 Å². The second-order valence-electron chi connectivity index (χ2n) is 3.28. The number of halogens is 1. The molecule has 82 valence electrons. The van der Waals surface area contributed by atoms with Gasteiger partial charge in [-0.15, -0.1) is 0 Å². The first kappa shape index (κ1) is 12.5. The van der Waals surface area contributed by atoms with Crippen LogP contribution in [0.4, 0.5) is 0 Å². The van der Waals surface area contributed by atoms with Gasteiger partial charge >= 0.3 is 0 Å². The topological polar surface area (TPSA) is 24.1 Å². The maximum atomic E-state index is 5.12. The van der Waals surface area contributed by atoms with E-state index in [-0.39, 0.29) is 6.04 Å². The lowest BCUT2D eigenvalue weighted by Gasteiger charge is -2.16. The Kier molecular flexibility index (Phi) is 5.05. The Balaban J connectivity index is 2.57. The standard InChI is InChI=1S/C11H15BrN2S/c1-3-13-11(15)14-8(2)9-4-6-10(12)7-5-9/h4-8H,3H2,1-2H3,(H2,13,14,15)/t8-/m0/s1. The number of thiocarbonyl (C=S) groups is 1. The van der Waals surface area contributed by atoms with E-state index < -0.39 is 0 Å². The van der Waals surface area contributed by atoms with Crippen molar-refractivity contribution in [2.75, 3.05) is 6.54 Å². The van der Waals surface area contributed by atoms with Crippen LogP contribution in [0.25, 0.3) is 0 Å². The van der Waals surface area contributed by atoms with Crippen LogP contribution in [0.15, 0.2) is 28.7 Å². The van der Waals surface area contributed by atoms with Crippen molar-refractivity contribution in [2.24, 2.45) is 0 Å². The maximum absolute atomic E-state index is 5.12. The number of hydrogen-bond acceptors (Lipinski definition) is 1. The average Bonchev–Trinajstić information content (AvgIpc) is 2.18. The maximum Gasteiger partial charge on any atom is 0.166 e. The van der Waals surface area contributed by atoms with Crippen molar-refractivity contribution in [2.45, 2.75) is 19.9 Å². The van der Waals surface area contributed by atoms with Crippen LogP contribution in [0.2, 0.25) is 0 Å². The summed E-state index contributed by atoms with van der Waals surface area (Å²) in [5.41, 5.74) is 1.22. The zero-order valence-electron chi connectivity index (χ0n) is 8.88. The first-order valence-corrected chi connectivity index (χ1v) is 6.13. The zero-order chi connectivity index (χ0) is 11.3. The van der Waals surface area contributed by atoms with Crippen LogP contribution in [-0.2, 0) is 0 Å². The average molecular weight is 287 g/mol. The molecule has 0 aliphatic carbocycles. The summed E-state index contributed by atoms with van der Waals surface area (Å²) in [6.07, 6.45) is 0. The van der Waals surface area contributed by atoms with E-state index in [1.165, 1.54) is 5.56 Å². The van der Waals surface area contributed by atoms with Crippen molar-refractivity contribution in [3.8, 4) is 0 Å². The highest BCUT2D eigenvalue weighted by Crippen LogP contribution is 2.16. The molecule has 0 bridgehead atoms. The monoisotopic (exact) mass is 286 g/mol. The molecule has 1 atom stereocenters. The third-order valence-electron chi connectivity index (χ3n) is 2.05. The molecule has 0 unspecified atom stereocenters. The van der Waals surface area contributed by atoms with Gasteiger partial charge < -0.3 is 10.6 Å². The second kappa shape index (κ2) is 6.08. The van der Waals surface area contributed by atoms with E-state index in [1.54, 1.807) is 0 Å². The SMILES string of the molecule is CCNC(=S)N[C@@H](C)c1ccc(Br)cc1. The minimum absolute atomic E-state index is 0.227. The van der Waals surface area contributed by atoms with E-state index in [4.69, 9.17) is 12.2 Å². The van der Waals surface area contributed by atoms with E-state index in [2.05, 4.69) is 45.6 Å². The summed E-state index contributed by atoms with van der Waals surface area (Å²) < 4.78 is 1.09. The molecule has 0 aliphatic rings. The molecule has 0 aliphatic heterocycles. The lowest BCUT2D eigenvalue weighted by Crippen LogP contribution is -2.36. The molecule has 0 fully saturated rings. The lowest BCUT2D eigenvalue weighted by atomic mass is 10.1. The summed E-state index contributed by atoms with van der Waals surface area (Å²) in [5, 5.41) is 6.99. The molecular weight excluding hydrogens is 272 g/mol. The molecule has 1 aromatic carbocycles. The van der Waals surface area contributed by atoms with Gasteiger partial charge in [-0.25, -0.2) is 0 Å². The van der Waals surface area contributed by atoms with Crippen LogP contribution in [0.1, 0.15) is 25.5 Å². The fourth-order valence-electron chi connectivity index (χ4n) is 1.24. The van der Waals surface area contributed by atoms with Crippen LogP contribution < -0.4 is 10.6 Å². The summed E-state index contributed by atoms with van der Waals surface area (Å²) in [7, 11) is 0. The molecule has 0 amide bonds. The van der Waals surface area contributed by atoms with E-state index in [9.17, 15) is 0 Å². The van der Waals surface area contributed by atoms with Gasteiger partial charge in [-0.1, -0.05) is 28.1 Å². The number of nitrogens with one attached hydrogen (secondary N) is 2. The van der Waals surface area contributed by atoms with Crippen LogP contribution in [0.3, 0.4) is 0 Å². The van der Waals surface area contributed by atoms with Crippen LogP contribution in [0, 0.1) is 0 Å². The summed E-state index contributed by atoms with van der Waals surface area (Å²) >= 11 is 8.54. The number of rotatable bonds is 3. The van der Waals surface area contributed by atoms with Crippen LogP contribution >= 0.6 is 28.1 Å². The van der Waals surface area contributed by atoms with Gasteiger partial charge in [0.25, 0.3) is 0 Å². The summed E-state index contributed by atoms with van der Waals surface area (Å²) in [6.45, 7) is 4.96. The fraction of sp³-hybridized carbons (Fsp3) is 0.364. The third kappa shape index (κ3) is 4.18. The highest BCUT2D eigenvalue weighted by atomic mass is 79.9. The molecule has 1 aromatic rings. The molecule has 0 radical (unpaired) electrons. The highest BCUT2D eigenvalue weighted by Gasteiger charge is 2.05. The smallest absolute Gasteiger partial charge is 0.166 e. The van der Waals surface area contributed by atoms with Crippen molar-refractivity contribution >= 4 is 33.3 Å². The molecule has 0 spiro atoms. The fourth-order valence-corrected chi connectivity index (χ4v) is 1.83. The first-order chi connectivity index (χ1) is 7.13. The predicted molar refractivity (Wildman–Crippen MR) is 72.0 cm³/mol. The van der Waals surface area contributed by atoms with Gasteiger partial charge in [0.15, 0.2) is 5.11 Å². The molecule has 0 aromatic heterocycles. The van der Waals surface area contributed by atoms with Gasteiger partial charge in [0.05, 0.1) is 6.04 Å². The second-order valence-corrected chi connectivity index (χ2v) is 4.60. The molecule has 1 rings (SSSR count). The van der Waals surface area contributed by atoms with Gasteiger partial charge in [-0.05, 0) is 43.8 Å². The molecular formula is C11H15BrN2S. The quantitative estimate of drug-likeness (QED) is 0.836. The molecule has 0 heterocycles. The Labute approximate surface area is 105 Å². The van der Waals surface area contributed by atoms with Crippen molar-refractivity contribution in [3.05, 3.63) is 34.3 Å². The molecule has 4 heteroatoms. The molecule has 2 N–H and O–H groups in total. The Morgan fingerprint density at radius 2 is 2.00 bits per heavy atom. The van der Waals surface area contributed by atoms with Crippen LogP contribution in [0.5, 0.6) is 0 Å². The normalized spacial score (nSPS) is 11.9. The van der Waals surface area contributed by atoms with E-state index in [1.807, 2.05) is 19.1 Å². The van der Waals surface area contributed by atoms with Crippen molar-refractivity contribution in [1.82, 2.24) is 10.6 Å². The Bertz CT molecular complexity index is 324. The summed E-state index contributed by atoms with van der Waals surface area (Å²) in [6, 6.07) is 8.45. The van der Waals surface area contributed by atoms with E-state index in [0.717, 1.165) is 11.0 Å². The Morgan fingerprint density at radius 1 is 1.40 bits per heavy atom. The minimum Gasteiger partial charge on any atom is -0.363 e.